The van der Waals surface area contributed by atoms with E-state index in [9.17, 15) is 0 Å². The normalized spacial score (nSPS) is 11.7. The molecule has 0 radical (unpaired) electrons. The van der Waals surface area contributed by atoms with Crippen LogP contribution in [0.1, 0.15) is 212 Å². The molecule has 0 unspecified atom stereocenters. The van der Waals surface area contributed by atoms with E-state index in [1.807, 2.05) is 0 Å². The molecule has 37 heavy (non-hydrogen) atoms. The molecule has 2 N–H and O–H groups in total. The molecule has 1 heteroatoms. The van der Waals surface area contributed by atoms with Crippen molar-refractivity contribution in [2.75, 3.05) is 6.54 Å². The lowest BCUT2D eigenvalue weighted by molar-refractivity contribution is 0.517. The van der Waals surface area contributed by atoms with Crippen LogP contribution in [0.25, 0.3) is 0 Å². The minimum absolute atomic E-state index is 0.863. The lowest BCUT2D eigenvalue weighted by atomic mass is 10.0. The third-order valence-electron chi connectivity index (χ3n) is 8.22. The van der Waals surface area contributed by atoms with Crippen LogP contribution in [0, 0.1) is 0 Å². The second-order valence-corrected chi connectivity index (χ2v) is 12.1. The molecule has 0 rings (SSSR count). The summed E-state index contributed by atoms with van der Waals surface area (Å²) in [7, 11) is 0. The average molecular weight is 520 g/mol. The van der Waals surface area contributed by atoms with Crippen molar-refractivity contribution in [3.63, 3.8) is 0 Å². The summed E-state index contributed by atoms with van der Waals surface area (Å²) in [6.07, 6.45) is 50.8. The Labute approximate surface area is 236 Å². The smallest absolute Gasteiger partial charge is 0.00773 e. The zero-order chi connectivity index (χ0) is 26.7. The summed E-state index contributed by atoms with van der Waals surface area (Å²) < 4.78 is 0. The van der Waals surface area contributed by atoms with E-state index in [0.717, 1.165) is 6.54 Å². The van der Waals surface area contributed by atoms with Gasteiger partial charge in [0, 0.05) is 0 Å². The lowest BCUT2D eigenvalue weighted by Gasteiger charge is -2.04. The summed E-state index contributed by atoms with van der Waals surface area (Å²) in [5.74, 6) is 0. The van der Waals surface area contributed by atoms with Gasteiger partial charge in [0.2, 0.25) is 0 Å². The van der Waals surface area contributed by atoms with Crippen molar-refractivity contribution < 1.29 is 0 Å². The number of rotatable bonds is 33. The molecule has 0 fully saturated rings. The minimum atomic E-state index is 0.863. The first-order chi connectivity index (χ1) is 18.4. The van der Waals surface area contributed by atoms with Crippen LogP contribution in [-0.2, 0) is 0 Å². The largest absolute Gasteiger partial charge is 0.330 e. The Bertz CT molecular complexity index is 401. The monoisotopic (exact) mass is 520 g/mol. The molecule has 0 saturated carbocycles. The number of allylic oxidation sites excluding steroid dienone is 2. The molecule has 0 spiro atoms. The summed E-state index contributed by atoms with van der Waals surface area (Å²) in [6, 6.07) is 0. The van der Waals surface area contributed by atoms with E-state index >= 15 is 0 Å². The van der Waals surface area contributed by atoms with E-state index in [1.165, 1.54) is 205 Å². The highest BCUT2D eigenvalue weighted by Gasteiger charge is 1.96. The average Bonchev–Trinajstić information content (AvgIpc) is 2.91. The second-order valence-electron chi connectivity index (χ2n) is 12.1. The maximum absolute atomic E-state index is 5.54. The van der Waals surface area contributed by atoms with Crippen molar-refractivity contribution in [2.24, 2.45) is 5.73 Å². The van der Waals surface area contributed by atoms with Gasteiger partial charge in [-0.2, -0.15) is 0 Å². The Balaban J connectivity index is 3.05. The van der Waals surface area contributed by atoms with Crippen LogP contribution < -0.4 is 5.73 Å². The summed E-state index contributed by atoms with van der Waals surface area (Å²) in [4.78, 5) is 0. The van der Waals surface area contributed by atoms with Gasteiger partial charge in [0.15, 0.2) is 0 Å². The van der Waals surface area contributed by atoms with Gasteiger partial charge in [0.05, 0.1) is 0 Å². The first kappa shape index (κ1) is 36.7. The predicted molar refractivity (Wildman–Crippen MR) is 172 cm³/mol. The zero-order valence-electron chi connectivity index (χ0n) is 26.1. The van der Waals surface area contributed by atoms with Gasteiger partial charge in [0.1, 0.15) is 0 Å². The molecule has 0 atom stereocenters. The molecule has 0 bridgehead atoms. The maximum Gasteiger partial charge on any atom is -0.00773 e. The molecule has 0 saturated heterocycles. The third-order valence-corrected chi connectivity index (χ3v) is 8.22. The SMILES string of the molecule is CCCCCCCCCCCCCCCCCCCCCCCCCCC=CCCCCCCCCN. The van der Waals surface area contributed by atoms with Gasteiger partial charge in [-0.25, -0.2) is 0 Å². The van der Waals surface area contributed by atoms with Crippen LogP contribution in [0.2, 0.25) is 0 Å². The van der Waals surface area contributed by atoms with Crippen LogP contribution in [-0.4, -0.2) is 6.54 Å². The predicted octanol–water partition coefficient (Wildman–Crippen LogP) is 13.0. The molecule has 0 aromatic carbocycles. The van der Waals surface area contributed by atoms with E-state index in [0.29, 0.717) is 0 Å². The molecule has 0 aliphatic heterocycles. The van der Waals surface area contributed by atoms with Gasteiger partial charge in [-0.15, -0.1) is 0 Å². The molecule has 0 aliphatic carbocycles. The number of hydrogen-bond acceptors (Lipinski definition) is 1. The van der Waals surface area contributed by atoms with Gasteiger partial charge in [-0.05, 0) is 38.6 Å². The maximum atomic E-state index is 5.54. The highest BCUT2D eigenvalue weighted by Crippen LogP contribution is 2.16. The van der Waals surface area contributed by atoms with E-state index in [1.54, 1.807) is 0 Å². The Kier molecular flexibility index (Phi) is 35.4. The molecule has 1 nitrogen and oxygen atoms in total. The van der Waals surface area contributed by atoms with Crippen molar-refractivity contribution >= 4 is 0 Å². The highest BCUT2D eigenvalue weighted by molar-refractivity contribution is 4.81. The van der Waals surface area contributed by atoms with Crippen LogP contribution in [0.4, 0.5) is 0 Å². The van der Waals surface area contributed by atoms with Crippen molar-refractivity contribution in [2.45, 2.75) is 212 Å². The van der Waals surface area contributed by atoms with Gasteiger partial charge in [0.25, 0.3) is 0 Å². The van der Waals surface area contributed by atoms with Crippen LogP contribution >= 0.6 is 0 Å². The summed E-state index contributed by atoms with van der Waals surface area (Å²) >= 11 is 0. The fourth-order valence-electron chi connectivity index (χ4n) is 5.57. The fourth-order valence-corrected chi connectivity index (χ4v) is 5.57. The quantitative estimate of drug-likeness (QED) is 0.0677. The molecule has 0 amide bonds. The van der Waals surface area contributed by atoms with Crippen molar-refractivity contribution in [1.82, 2.24) is 0 Å². The molecule has 222 valence electrons. The van der Waals surface area contributed by atoms with Gasteiger partial charge in [-0.3, -0.25) is 0 Å². The van der Waals surface area contributed by atoms with Gasteiger partial charge >= 0.3 is 0 Å². The summed E-state index contributed by atoms with van der Waals surface area (Å²) in [5, 5.41) is 0. The Morgan fingerprint density at radius 1 is 0.297 bits per heavy atom. The molecular weight excluding hydrogens is 446 g/mol. The molecule has 0 aromatic rings. The van der Waals surface area contributed by atoms with Gasteiger partial charge < -0.3 is 5.73 Å². The minimum Gasteiger partial charge on any atom is -0.330 e. The Morgan fingerprint density at radius 3 is 0.757 bits per heavy atom. The van der Waals surface area contributed by atoms with E-state index in [4.69, 9.17) is 5.73 Å². The third kappa shape index (κ3) is 35.7. The fraction of sp³-hybridized carbons (Fsp3) is 0.944. The molecule has 0 aromatic heterocycles. The van der Waals surface area contributed by atoms with Crippen molar-refractivity contribution in [3.05, 3.63) is 12.2 Å². The first-order valence-electron chi connectivity index (χ1n) is 17.8. The first-order valence-corrected chi connectivity index (χ1v) is 17.8. The standard InChI is InChI=1S/C36H73N/c1-2-3-4-5-6-7-8-9-10-11-12-13-14-15-16-17-18-19-20-21-22-23-24-25-26-27-28-29-30-31-32-33-34-35-36-37/h27-28H,2-26,29-37H2,1H3. The molecule has 0 heterocycles. The Hall–Kier alpha value is -0.300. The molecule has 0 aliphatic rings. The van der Waals surface area contributed by atoms with Crippen LogP contribution in [0.3, 0.4) is 0 Å². The number of unbranched alkanes of at least 4 members (excludes halogenated alkanes) is 30. The van der Waals surface area contributed by atoms with E-state index in [2.05, 4.69) is 19.1 Å². The number of nitrogens with two attached hydrogens (primary N) is 1. The highest BCUT2D eigenvalue weighted by atomic mass is 14.5. The summed E-state index contributed by atoms with van der Waals surface area (Å²) in [6.45, 7) is 3.17. The van der Waals surface area contributed by atoms with Crippen molar-refractivity contribution in [3.8, 4) is 0 Å². The molecular formula is C36H73N. The van der Waals surface area contributed by atoms with Crippen molar-refractivity contribution in [1.29, 1.82) is 0 Å². The summed E-state index contributed by atoms with van der Waals surface area (Å²) in [5.41, 5.74) is 5.54. The Morgan fingerprint density at radius 2 is 0.514 bits per heavy atom. The zero-order valence-corrected chi connectivity index (χ0v) is 26.1. The second kappa shape index (κ2) is 35.7. The van der Waals surface area contributed by atoms with E-state index < -0.39 is 0 Å². The van der Waals surface area contributed by atoms with Gasteiger partial charge in [-0.1, -0.05) is 192 Å². The van der Waals surface area contributed by atoms with Crippen LogP contribution in [0.5, 0.6) is 0 Å². The van der Waals surface area contributed by atoms with E-state index in [-0.39, 0.29) is 0 Å². The lowest BCUT2D eigenvalue weighted by Crippen LogP contribution is -1.97. The number of hydrogen-bond donors (Lipinski definition) is 1. The van der Waals surface area contributed by atoms with Crippen LogP contribution in [0.15, 0.2) is 12.2 Å². The topological polar surface area (TPSA) is 26.0 Å².